The maximum absolute atomic E-state index is 5.48. The standard InChI is InChI=1S/C15H28N2O/c1-11(13-5-6-18-10-13)16-9-12-7-14-3-4-15(8-12)17(14)2/h11-16H,3-10H2,1-2H3. The van der Waals surface area contributed by atoms with Gasteiger partial charge in [-0.3, -0.25) is 0 Å². The summed E-state index contributed by atoms with van der Waals surface area (Å²) in [5.41, 5.74) is 0. The van der Waals surface area contributed by atoms with Gasteiger partial charge in [0.25, 0.3) is 0 Å². The Hall–Kier alpha value is -0.120. The molecule has 3 saturated heterocycles. The van der Waals surface area contributed by atoms with Crippen molar-refractivity contribution in [2.45, 2.75) is 57.2 Å². The highest BCUT2D eigenvalue weighted by Crippen LogP contribution is 2.37. The van der Waals surface area contributed by atoms with Gasteiger partial charge in [-0.15, -0.1) is 0 Å². The van der Waals surface area contributed by atoms with Gasteiger partial charge in [-0.1, -0.05) is 0 Å². The molecule has 0 amide bonds. The van der Waals surface area contributed by atoms with E-state index in [1.807, 2.05) is 0 Å². The molecule has 4 unspecified atom stereocenters. The number of nitrogens with zero attached hydrogens (tertiary/aromatic N) is 1. The number of hydrogen-bond acceptors (Lipinski definition) is 3. The third kappa shape index (κ3) is 2.59. The molecule has 0 aliphatic carbocycles. The van der Waals surface area contributed by atoms with Crippen molar-refractivity contribution in [3.05, 3.63) is 0 Å². The van der Waals surface area contributed by atoms with Crippen molar-refractivity contribution in [1.29, 1.82) is 0 Å². The van der Waals surface area contributed by atoms with Crippen molar-refractivity contribution in [1.82, 2.24) is 10.2 Å². The Morgan fingerprint density at radius 1 is 1.22 bits per heavy atom. The predicted octanol–water partition coefficient (Wildman–Crippen LogP) is 1.87. The van der Waals surface area contributed by atoms with Gasteiger partial charge in [-0.05, 0) is 64.5 Å². The summed E-state index contributed by atoms with van der Waals surface area (Å²) in [6.45, 7) is 5.49. The van der Waals surface area contributed by atoms with Gasteiger partial charge in [0.15, 0.2) is 0 Å². The first-order valence-electron chi connectivity index (χ1n) is 7.77. The third-order valence-corrected chi connectivity index (χ3v) is 5.60. The molecule has 0 saturated carbocycles. The SMILES string of the molecule is CC(NCC1CC2CCC(C1)N2C)C1CCOC1. The van der Waals surface area contributed by atoms with Crippen LogP contribution in [0.1, 0.15) is 39.0 Å². The lowest BCUT2D eigenvalue weighted by Crippen LogP contribution is -2.44. The Morgan fingerprint density at radius 3 is 2.56 bits per heavy atom. The van der Waals surface area contributed by atoms with Gasteiger partial charge >= 0.3 is 0 Å². The van der Waals surface area contributed by atoms with Crippen LogP contribution in [-0.4, -0.2) is 49.8 Å². The maximum atomic E-state index is 5.48. The molecule has 18 heavy (non-hydrogen) atoms. The van der Waals surface area contributed by atoms with E-state index in [0.29, 0.717) is 6.04 Å². The van der Waals surface area contributed by atoms with E-state index in [0.717, 1.165) is 37.1 Å². The second kappa shape index (κ2) is 5.48. The molecule has 0 aromatic heterocycles. The molecule has 3 rings (SSSR count). The zero-order valence-corrected chi connectivity index (χ0v) is 11.9. The minimum atomic E-state index is 0.629. The van der Waals surface area contributed by atoms with Crippen molar-refractivity contribution in [3.63, 3.8) is 0 Å². The number of ether oxygens (including phenoxy) is 1. The molecule has 0 spiro atoms. The van der Waals surface area contributed by atoms with Crippen molar-refractivity contribution < 1.29 is 4.74 Å². The number of hydrogen-bond donors (Lipinski definition) is 1. The van der Waals surface area contributed by atoms with Crippen molar-refractivity contribution >= 4 is 0 Å². The largest absolute Gasteiger partial charge is 0.381 e. The van der Waals surface area contributed by atoms with E-state index < -0.39 is 0 Å². The molecule has 3 fully saturated rings. The van der Waals surface area contributed by atoms with Crippen LogP contribution in [0.2, 0.25) is 0 Å². The van der Waals surface area contributed by atoms with E-state index >= 15 is 0 Å². The first kappa shape index (κ1) is 12.9. The average Bonchev–Trinajstić information content (AvgIpc) is 2.94. The Balaban J connectivity index is 1.43. The Bertz CT molecular complexity index is 264. The highest BCUT2D eigenvalue weighted by atomic mass is 16.5. The summed E-state index contributed by atoms with van der Waals surface area (Å²) < 4.78 is 5.48. The summed E-state index contributed by atoms with van der Waals surface area (Å²) in [5.74, 6) is 1.65. The molecule has 104 valence electrons. The lowest BCUT2D eigenvalue weighted by molar-refractivity contribution is 0.128. The summed E-state index contributed by atoms with van der Waals surface area (Å²) in [7, 11) is 2.32. The Labute approximate surface area is 111 Å². The van der Waals surface area contributed by atoms with Gasteiger partial charge in [0, 0.05) is 24.7 Å². The van der Waals surface area contributed by atoms with Crippen molar-refractivity contribution in [3.8, 4) is 0 Å². The lowest BCUT2D eigenvalue weighted by Gasteiger charge is -2.37. The lowest BCUT2D eigenvalue weighted by atomic mass is 9.90. The van der Waals surface area contributed by atoms with Gasteiger partial charge < -0.3 is 15.0 Å². The first-order chi connectivity index (χ1) is 8.74. The van der Waals surface area contributed by atoms with Crippen LogP contribution in [0.3, 0.4) is 0 Å². The highest BCUT2D eigenvalue weighted by Gasteiger charge is 2.38. The number of rotatable bonds is 4. The van der Waals surface area contributed by atoms with Gasteiger partial charge in [0.1, 0.15) is 0 Å². The Morgan fingerprint density at radius 2 is 1.94 bits per heavy atom. The number of piperidine rings is 1. The van der Waals surface area contributed by atoms with Crippen molar-refractivity contribution in [2.75, 3.05) is 26.8 Å². The Kier molecular flexibility index (Phi) is 3.92. The van der Waals surface area contributed by atoms with Crippen LogP contribution in [0.4, 0.5) is 0 Å². The third-order valence-electron chi connectivity index (χ3n) is 5.60. The van der Waals surface area contributed by atoms with E-state index in [1.165, 1.54) is 38.6 Å². The average molecular weight is 252 g/mol. The van der Waals surface area contributed by atoms with E-state index in [9.17, 15) is 0 Å². The topological polar surface area (TPSA) is 24.5 Å². The molecule has 3 aliphatic rings. The molecule has 0 aromatic rings. The second-order valence-electron chi connectivity index (χ2n) is 6.71. The second-order valence-corrected chi connectivity index (χ2v) is 6.71. The van der Waals surface area contributed by atoms with Crippen LogP contribution < -0.4 is 5.32 Å². The van der Waals surface area contributed by atoms with Gasteiger partial charge in [-0.25, -0.2) is 0 Å². The summed E-state index contributed by atoms with van der Waals surface area (Å²) in [4.78, 5) is 2.63. The molecular weight excluding hydrogens is 224 g/mol. The molecule has 0 radical (unpaired) electrons. The quantitative estimate of drug-likeness (QED) is 0.827. The van der Waals surface area contributed by atoms with Crippen LogP contribution in [0, 0.1) is 11.8 Å². The fourth-order valence-electron chi connectivity index (χ4n) is 4.16. The molecule has 4 atom stereocenters. The highest BCUT2D eigenvalue weighted by molar-refractivity contribution is 4.94. The maximum Gasteiger partial charge on any atom is 0.0509 e. The molecule has 3 heteroatoms. The molecular formula is C15H28N2O. The summed E-state index contributed by atoms with van der Waals surface area (Å²) in [5, 5.41) is 3.78. The van der Waals surface area contributed by atoms with E-state index in [1.54, 1.807) is 0 Å². The predicted molar refractivity (Wildman–Crippen MR) is 73.7 cm³/mol. The van der Waals surface area contributed by atoms with Gasteiger partial charge in [-0.2, -0.15) is 0 Å². The fraction of sp³-hybridized carbons (Fsp3) is 1.00. The summed E-state index contributed by atoms with van der Waals surface area (Å²) in [6.07, 6.45) is 6.93. The van der Waals surface area contributed by atoms with Crippen molar-refractivity contribution in [2.24, 2.45) is 11.8 Å². The smallest absolute Gasteiger partial charge is 0.0509 e. The van der Waals surface area contributed by atoms with E-state index in [-0.39, 0.29) is 0 Å². The number of nitrogens with one attached hydrogen (secondary N) is 1. The zero-order valence-electron chi connectivity index (χ0n) is 11.9. The molecule has 3 nitrogen and oxygen atoms in total. The van der Waals surface area contributed by atoms with Crippen LogP contribution in [0.15, 0.2) is 0 Å². The van der Waals surface area contributed by atoms with Crippen LogP contribution in [0.5, 0.6) is 0 Å². The van der Waals surface area contributed by atoms with Crippen LogP contribution in [-0.2, 0) is 4.74 Å². The normalized spacial score (nSPS) is 42.3. The number of fused-ring (bicyclic) bond motifs is 2. The minimum Gasteiger partial charge on any atom is -0.381 e. The molecule has 3 heterocycles. The molecule has 2 bridgehead atoms. The first-order valence-corrected chi connectivity index (χ1v) is 7.77. The monoisotopic (exact) mass is 252 g/mol. The molecule has 3 aliphatic heterocycles. The fourth-order valence-corrected chi connectivity index (χ4v) is 4.16. The zero-order chi connectivity index (χ0) is 12.5. The molecule has 1 N–H and O–H groups in total. The summed E-state index contributed by atoms with van der Waals surface area (Å²) in [6, 6.07) is 2.38. The minimum absolute atomic E-state index is 0.629. The van der Waals surface area contributed by atoms with Crippen LogP contribution >= 0.6 is 0 Å². The van der Waals surface area contributed by atoms with Gasteiger partial charge in [0.05, 0.1) is 6.61 Å². The van der Waals surface area contributed by atoms with Gasteiger partial charge in [0.2, 0.25) is 0 Å². The van der Waals surface area contributed by atoms with E-state index in [2.05, 4.69) is 24.2 Å². The molecule has 0 aromatic carbocycles. The van der Waals surface area contributed by atoms with E-state index in [4.69, 9.17) is 4.74 Å². The summed E-state index contributed by atoms with van der Waals surface area (Å²) >= 11 is 0. The van der Waals surface area contributed by atoms with Crippen LogP contribution in [0.25, 0.3) is 0 Å².